The molecule has 0 aromatic carbocycles. The Kier molecular flexibility index (Phi) is 2.05. The quantitative estimate of drug-likeness (QED) is 0.369. The number of fused-ring (bicyclic) bond motifs is 1. The fourth-order valence-electron chi connectivity index (χ4n) is 1.58. The summed E-state index contributed by atoms with van der Waals surface area (Å²) in [6, 6.07) is 0. The first-order chi connectivity index (χ1) is 5.27. The molecular weight excluding hydrogens is 259 g/mol. The number of esters is 1. The lowest BCUT2D eigenvalue weighted by atomic mass is 9.98. The van der Waals surface area contributed by atoms with Gasteiger partial charge in [-0.1, -0.05) is 22.6 Å². The molecule has 4 heteroatoms. The monoisotopic (exact) mass is 268 g/mol. The first kappa shape index (κ1) is 7.79. The lowest BCUT2D eigenvalue weighted by Crippen LogP contribution is -2.38. The van der Waals surface area contributed by atoms with Crippen LogP contribution in [0.3, 0.4) is 0 Å². The predicted molar refractivity (Wildman–Crippen MR) is 46.6 cm³/mol. The van der Waals surface area contributed by atoms with Crippen molar-refractivity contribution in [3.05, 3.63) is 0 Å². The standard InChI is InChI=1S/C7H9IO3/c8-5-3-10-2-4-1-6(9)11-7(4)5/h4-5,7H,1-3H2/t4-,5-,7-/m0/s1. The molecule has 2 fully saturated rings. The van der Waals surface area contributed by atoms with Gasteiger partial charge in [0, 0.05) is 5.92 Å². The van der Waals surface area contributed by atoms with Gasteiger partial charge in [-0.3, -0.25) is 4.79 Å². The van der Waals surface area contributed by atoms with E-state index in [9.17, 15) is 4.79 Å². The highest BCUT2D eigenvalue weighted by Gasteiger charge is 2.41. The SMILES string of the molecule is O=C1C[C@H]2COC[C@H](I)[C@H]2O1. The maximum atomic E-state index is 10.9. The zero-order valence-electron chi connectivity index (χ0n) is 5.96. The number of halogens is 1. The molecule has 0 unspecified atom stereocenters. The van der Waals surface area contributed by atoms with E-state index in [0.29, 0.717) is 22.9 Å². The fourth-order valence-corrected chi connectivity index (χ4v) is 2.56. The lowest BCUT2D eigenvalue weighted by Gasteiger charge is -2.27. The van der Waals surface area contributed by atoms with Gasteiger partial charge in [0.05, 0.1) is 23.6 Å². The highest BCUT2D eigenvalue weighted by molar-refractivity contribution is 14.1. The van der Waals surface area contributed by atoms with Crippen LogP contribution in [0.15, 0.2) is 0 Å². The second kappa shape index (κ2) is 2.90. The minimum atomic E-state index is -0.0628. The molecule has 0 N–H and O–H groups in total. The van der Waals surface area contributed by atoms with E-state index in [1.54, 1.807) is 0 Å². The third-order valence-corrected chi connectivity index (χ3v) is 3.19. The summed E-state index contributed by atoms with van der Waals surface area (Å²) < 4.78 is 10.8. The summed E-state index contributed by atoms with van der Waals surface area (Å²) >= 11 is 2.28. The van der Waals surface area contributed by atoms with Crippen molar-refractivity contribution in [2.75, 3.05) is 13.2 Å². The second-order valence-electron chi connectivity index (χ2n) is 2.97. The lowest BCUT2D eigenvalue weighted by molar-refractivity contribution is -0.142. The van der Waals surface area contributed by atoms with Crippen LogP contribution in [0.5, 0.6) is 0 Å². The normalized spacial score (nSPS) is 43.4. The first-order valence-electron chi connectivity index (χ1n) is 3.68. The molecule has 2 heterocycles. The second-order valence-corrected chi connectivity index (χ2v) is 4.57. The predicted octanol–water partition coefficient (Wildman–Crippen LogP) is 0.752. The van der Waals surface area contributed by atoms with Gasteiger partial charge >= 0.3 is 5.97 Å². The zero-order valence-corrected chi connectivity index (χ0v) is 8.11. The van der Waals surface area contributed by atoms with Crippen molar-refractivity contribution in [2.24, 2.45) is 5.92 Å². The minimum Gasteiger partial charge on any atom is -0.461 e. The van der Waals surface area contributed by atoms with Crippen molar-refractivity contribution in [2.45, 2.75) is 16.4 Å². The van der Waals surface area contributed by atoms with E-state index in [4.69, 9.17) is 9.47 Å². The summed E-state index contributed by atoms with van der Waals surface area (Å²) in [6.45, 7) is 1.41. The molecule has 2 aliphatic heterocycles. The Balaban J connectivity index is 2.09. The molecule has 0 bridgehead atoms. The van der Waals surface area contributed by atoms with Crippen LogP contribution in [-0.2, 0) is 14.3 Å². The van der Waals surface area contributed by atoms with Crippen LogP contribution in [0.4, 0.5) is 0 Å². The van der Waals surface area contributed by atoms with Crippen LogP contribution >= 0.6 is 22.6 Å². The Morgan fingerprint density at radius 1 is 1.45 bits per heavy atom. The maximum Gasteiger partial charge on any atom is 0.306 e. The Morgan fingerprint density at radius 3 is 3.00 bits per heavy atom. The molecule has 0 aromatic rings. The van der Waals surface area contributed by atoms with Crippen LogP contribution in [0.2, 0.25) is 0 Å². The molecule has 0 amide bonds. The van der Waals surface area contributed by atoms with Crippen LogP contribution < -0.4 is 0 Å². The number of hydrogen-bond acceptors (Lipinski definition) is 3. The molecule has 11 heavy (non-hydrogen) atoms. The molecule has 2 rings (SSSR count). The Morgan fingerprint density at radius 2 is 2.27 bits per heavy atom. The topological polar surface area (TPSA) is 35.5 Å². The molecule has 3 atom stereocenters. The molecule has 0 aromatic heterocycles. The first-order valence-corrected chi connectivity index (χ1v) is 4.93. The van der Waals surface area contributed by atoms with Crippen LogP contribution in [0.1, 0.15) is 6.42 Å². The largest absolute Gasteiger partial charge is 0.461 e. The highest BCUT2D eigenvalue weighted by Crippen LogP contribution is 2.32. The zero-order chi connectivity index (χ0) is 7.84. The average Bonchev–Trinajstić information content (AvgIpc) is 2.31. The van der Waals surface area contributed by atoms with Gasteiger partial charge in [-0.05, 0) is 0 Å². The van der Waals surface area contributed by atoms with Gasteiger partial charge in [0.1, 0.15) is 6.10 Å². The number of carbonyl (C=O) groups is 1. The Bertz CT molecular complexity index is 183. The van der Waals surface area contributed by atoms with Crippen LogP contribution in [-0.4, -0.2) is 29.2 Å². The molecular formula is C7H9IO3. The Labute approximate surface area is 78.6 Å². The smallest absolute Gasteiger partial charge is 0.306 e. The molecule has 0 spiro atoms. The maximum absolute atomic E-state index is 10.9. The van der Waals surface area contributed by atoms with E-state index < -0.39 is 0 Å². The van der Waals surface area contributed by atoms with Gasteiger partial charge in [0.25, 0.3) is 0 Å². The molecule has 2 saturated heterocycles. The van der Waals surface area contributed by atoms with E-state index in [1.807, 2.05) is 0 Å². The van der Waals surface area contributed by atoms with E-state index in [0.717, 1.165) is 6.61 Å². The van der Waals surface area contributed by atoms with Gasteiger partial charge in [-0.25, -0.2) is 0 Å². The van der Waals surface area contributed by atoms with E-state index in [2.05, 4.69) is 22.6 Å². The third kappa shape index (κ3) is 1.38. The van der Waals surface area contributed by atoms with E-state index in [1.165, 1.54) is 0 Å². The van der Waals surface area contributed by atoms with Gasteiger partial charge < -0.3 is 9.47 Å². The molecule has 3 nitrogen and oxygen atoms in total. The Hall–Kier alpha value is 0.160. The van der Waals surface area contributed by atoms with Crippen LogP contribution in [0, 0.1) is 5.92 Å². The molecule has 2 aliphatic rings. The summed E-state index contributed by atoms with van der Waals surface area (Å²) in [7, 11) is 0. The fraction of sp³-hybridized carbons (Fsp3) is 0.857. The molecule has 0 radical (unpaired) electrons. The summed E-state index contributed by atoms with van der Waals surface area (Å²) in [6.07, 6.45) is 0.668. The molecule has 62 valence electrons. The van der Waals surface area contributed by atoms with Gasteiger partial charge in [0.15, 0.2) is 0 Å². The summed E-state index contributed by atoms with van der Waals surface area (Å²) in [5.41, 5.74) is 0. The highest BCUT2D eigenvalue weighted by atomic mass is 127. The van der Waals surface area contributed by atoms with Crippen molar-refractivity contribution in [1.82, 2.24) is 0 Å². The van der Waals surface area contributed by atoms with E-state index in [-0.39, 0.29) is 12.1 Å². The summed E-state index contributed by atoms with van der Waals surface area (Å²) in [5.74, 6) is 0.255. The summed E-state index contributed by atoms with van der Waals surface area (Å²) in [4.78, 5) is 10.9. The van der Waals surface area contributed by atoms with Crippen molar-refractivity contribution in [3.8, 4) is 0 Å². The number of hydrogen-bond donors (Lipinski definition) is 0. The van der Waals surface area contributed by atoms with Crippen molar-refractivity contribution in [1.29, 1.82) is 0 Å². The van der Waals surface area contributed by atoms with Crippen molar-refractivity contribution in [3.63, 3.8) is 0 Å². The van der Waals surface area contributed by atoms with Crippen molar-refractivity contribution >= 4 is 28.6 Å². The summed E-state index contributed by atoms with van der Waals surface area (Å²) in [5, 5.41) is 0. The van der Waals surface area contributed by atoms with Gasteiger partial charge in [0.2, 0.25) is 0 Å². The molecule has 0 aliphatic carbocycles. The molecule has 0 saturated carbocycles. The van der Waals surface area contributed by atoms with E-state index >= 15 is 0 Å². The van der Waals surface area contributed by atoms with Gasteiger partial charge in [-0.2, -0.15) is 0 Å². The van der Waals surface area contributed by atoms with Gasteiger partial charge in [-0.15, -0.1) is 0 Å². The van der Waals surface area contributed by atoms with Crippen LogP contribution in [0.25, 0.3) is 0 Å². The number of rotatable bonds is 0. The van der Waals surface area contributed by atoms with Crippen molar-refractivity contribution < 1.29 is 14.3 Å². The average molecular weight is 268 g/mol. The number of carbonyl (C=O) groups excluding carboxylic acids is 1. The third-order valence-electron chi connectivity index (χ3n) is 2.13. The minimum absolute atomic E-state index is 0.0628. The number of alkyl halides is 1. The number of ether oxygens (including phenoxy) is 2.